The Balaban J connectivity index is 1.91. The van der Waals surface area contributed by atoms with Gasteiger partial charge in [-0.1, -0.05) is 24.3 Å². The van der Waals surface area contributed by atoms with E-state index in [2.05, 4.69) is 29.2 Å². The number of hydrogen-bond donors (Lipinski definition) is 1. The van der Waals surface area contributed by atoms with Crippen molar-refractivity contribution in [2.75, 3.05) is 13.1 Å². The van der Waals surface area contributed by atoms with Gasteiger partial charge in [0.1, 0.15) is 0 Å². The molecule has 3 rings (SSSR count). The number of piperidine rings is 1. The molecule has 3 heteroatoms. The van der Waals surface area contributed by atoms with Crippen molar-refractivity contribution in [3.05, 3.63) is 35.4 Å². The van der Waals surface area contributed by atoms with E-state index in [-0.39, 0.29) is 0 Å². The summed E-state index contributed by atoms with van der Waals surface area (Å²) in [5.74, 6) is 0.729. The third kappa shape index (κ3) is 2.27. The van der Waals surface area contributed by atoms with E-state index >= 15 is 0 Å². The van der Waals surface area contributed by atoms with Crippen molar-refractivity contribution in [3.8, 4) is 0 Å². The number of nitrogens with zero attached hydrogens (tertiary/aromatic N) is 1. The van der Waals surface area contributed by atoms with Crippen molar-refractivity contribution in [2.24, 2.45) is 5.73 Å². The number of hydrogen-bond acceptors (Lipinski definition) is 2. The lowest BCUT2D eigenvalue weighted by Gasteiger charge is -2.33. The van der Waals surface area contributed by atoms with Gasteiger partial charge in [0.25, 0.3) is 0 Å². The van der Waals surface area contributed by atoms with Crippen LogP contribution in [0.5, 0.6) is 0 Å². The Bertz CT molecular complexity index is 472. The highest BCUT2D eigenvalue weighted by Crippen LogP contribution is 2.40. The van der Waals surface area contributed by atoms with Gasteiger partial charge in [-0.15, -0.1) is 0 Å². The minimum atomic E-state index is 0.345. The van der Waals surface area contributed by atoms with Gasteiger partial charge >= 0.3 is 0 Å². The van der Waals surface area contributed by atoms with Crippen molar-refractivity contribution in [1.82, 2.24) is 4.90 Å². The first-order chi connectivity index (χ1) is 9.31. The zero-order valence-electron chi connectivity index (χ0n) is 11.3. The average molecular weight is 258 g/mol. The van der Waals surface area contributed by atoms with Crippen LogP contribution in [0.25, 0.3) is 0 Å². The Morgan fingerprint density at radius 1 is 1.26 bits per heavy atom. The fourth-order valence-corrected chi connectivity index (χ4v) is 3.72. The summed E-state index contributed by atoms with van der Waals surface area (Å²) >= 11 is 0. The van der Waals surface area contributed by atoms with Gasteiger partial charge in [0.15, 0.2) is 0 Å². The van der Waals surface area contributed by atoms with Gasteiger partial charge in [-0.3, -0.25) is 4.79 Å². The smallest absolute Gasteiger partial charge is 0.223 e. The van der Waals surface area contributed by atoms with Crippen molar-refractivity contribution < 1.29 is 4.79 Å². The third-order valence-electron chi connectivity index (χ3n) is 4.60. The van der Waals surface area contributed by atoms with E-state index in [1.54, 1.807) is 0 Å². The van der Waals surface area contributed by atoms with Crippen molar-refractivity contribution in [3.63, 3.8) is 0 Å². The molecule has 0 bridgehead atoms. The number of fused-ring (bicyclic) bond motifs is 1. The van der Waals surface area contributed by atoms with Gasteiger partial charge in [-0.05, 0) is 43.4 Å². The summed E-state index contributed by atoms with van der Waals surface area (Å²) < 4.78 is 0. The zero-order valence-corrected chi connectivity index (χ0v) is 11.3. The molecule has 2 aliphatic heterocycles. The molecule has 0 spiro atoms. The molecule has 1 amide bonds. The molecule has 0 radical (unpaired) electrons. The molecule has 2 N–H and O–H groups in total. The van der Waals surface area contributed by atoms with Gasteiger partial charge in [-0.2, -0.15) is 0 Å². The number of nitrogens with two attached hydrogens (primary N) is 1. The Morgan fingerprint density at radius 3 is 2.95 bits per heavy atom. The molecule has 2 heterocycles. The highest BCUT2D eigenvalue weighted by atomic mass is 16.2. The molecule has 0 aromatic heterocycles. The van der Waals surface area contributed by atoms with Crippen molar-refractivity contribution in [1.29, 1.82) is 0 Å². The van der Waals surface area contributed by atoms with E-state index in [9.17, 15) is 4.79 Å². The SMILES string of the molecule is NCCc1ccccc1C1CC(=O)N2CCCCC12. The number of benzene rings is 1. The second kappa shape index (κ2) is 5.33. The molecule has 2 fully saturated rings. The average Bonchev–Trinajstić information content (AvgIpc) is 2.78. The van der Waals surface area contributed by atoms with E-state index in [0.717, 1.165) is 19.4 Å². The van der Waals surface area contributed by atoms with E-state index in [1.807, 2.05) is 0 Å². The van der Waals surface area contributed by atoms with Crippen molar-refractivity contribution >= 4 is 5.91 Å². The monoisotopic (exact) mass is 258 g/mol. The topological polar surface area (TPSA) is 46.3 Å². The van der Waals surface area contributed by atoms with Gasteiger partial charge in [0, 0.05) is 24.9 Å². The van der Waals surface area contributed by atoms with Crippen LogP contribution in [0.3, 0.4) is 0 Å². The summed E-state index contributed by atoms with van der Waals surface area (Å²) in [6.45, 7) is 1.63. The number of amides is 1. The number of carbonyl (C=O) groups excluding carboxylic acids is 1. The van der Waals surface area contributed by atoms with Gasteiger partial charge in [-0.25, -0.2) is 0 Å². The number of rotatable bonds is 3. The highest BCUT2D eigenvalue weighted by Gasteiger charge is 2.41. The standard InChI is InChI=1S/C16H22N2O/c17-9-8-12-5-1-2-6-13(12)14-11-16(19)18-10-4-3-7-15(14)18/h1-2,5-6,14-15H,3-4,7-11,17H2. The van der Waals surface area contributed by atoms with Gasteiger partial charge in [0.05, 0.1) is 0 Å². The summed E-state index contributed by atoms with van der Waals surface area (Å²) in [5, 5.41) is 0. The first kappa shape index (κ1) is 12.7. The van der Waals surface area contributed by atoms with E-state index in [0.29, 0.717) is 30.8 Å². The van der Waals surface area contributed by atoms with E-state index in [1.165, 1.54) is 24.0 Å². The van der Waals surface area contributed by atoms with Crippen LogP contribution < -0.4 is 5.73 Å². The molecule has 102 valence electrons. The van der Waals surface area contributed by atoms with E-state index in [4.69, 9.17) is 5.73 Å². The van der Waals surface area contributed by atoms with Crippen LogP contribution >= 0.6 is 0 Å². The van der Waals surface area contributed by atoms with Crippen LogP contribution in [-0.2, 0) is 11.2 Å². The summed E-state index contributed by atoms with van der Waals surface area (Å²) in [7, 11) is 0. The summed E-state index contributed by atoms with van der Waals surface area (Å²) in [6.07, 6.45) is 5.18. The third-order valence-corrected chi connectivity index (χ3v) is 4.60. The lowest BCUT2D eigenvalue weighted by Crippen LogP contribution is -2.38. The summed E-state index contributed by atoms with van der Waals surface area (Å²) in [5.41, 5.74) is 8.40. The molecule has 2 aliphatic rings. The Morgan fingerprint density at radius 2 is 2.11 bits per heavy atom. The van der Waals surface area contributed by atoms with Gasteiger partial charge < -0.3 is 10.6 Å². The largest absolute Gasteiger partial charge is 0.339 e. The summed E-state index contributed by atoms with van der Waals surface area (Å²) in [4.78, 5) is 14.3. The molecule has 19 heavy (non-hydrogen) atoms. The quantitative estimate of drug-likeness (QED) is 0.902. The molecule has 0 aliphatic carbocycles. The molecular weight excluding hydrogens is 236 g/mol. The normalized spacial score (nSPS) is 26.6. The second-order valence-corrected chi connectivity index (χ2v) is 5.70. The molecule has 1 aromatic carbocycles. The number of carbonyl (C=O) groups is 1. The maximum absolute atomic E-state index is 12.2. The Kier molecular flexibility index (Phi) is 3.56. The Labute approximate surface area is 114 Å². The maximum Gasteiger partial charge on any atom is 0.223 e. The zero-order chi connectivity index (χ0) is 13.2. The molecule has 1 aromatic rings. The van der Waals surface area contributed by atoms with Gasteiger partial charge in [0.2, 0.25) is 5.91 Å². The summed E-state index contributed by atoms with van der Waals surface area (Å²) in [6, 6.07) is 8.95. The molecule has 2 saturated heterocycles. The predicted molar refractivity (Wildman–Crippen MR) is 75.9 cm³/mol. The lowest BCUT2D eigenvalue weighted by atomic mass is 9.84. The Hall–Kier alpha value is -1.35. The molecule has 2 atom stereocenters. The lowest BCUT2D eigenvalue weighted by molar-refractivity contribution is -0.129. The van der Waals surface area contributed by atoms with Crippen LogP contribution in [-0.4, -0.2) is 29.9 Å². The fraction of sp³-hybridized carbons (Fsp3) is 0.562. The molecular formula is C16H22N2O. The van der Waals surface area contributed by atoms with E-state index < -0.39 is 0 Å². The van der Waals surface area contributed by atoms with Crippen molar-refractivity contribution in [2.45, 2.75) is 44.1 Å². The second-order valence-electron chi connectivity index (χ2n) is 5.70. The first-order valence-corrected chi connectivity index (χ1v) is 7.38. The molecule has 2 unspecified atom stereocenters. The predicted octanol–water partition coefficient (Wildman–Crippen LogP) is 2.06. The highest BCUT2D eigenvalue weighted by molar-refractivity contribution is 5.80. The minimum absolute atomic E-state index is 0.345. The van der Waals surface area contributed by atoms with Crippen LogP contribution in [0, 0.1) is 0 Å². The first-order valence-electron chi connectivity index (χ1n) is 7.38. The fourth-order valence-electron chi connectivity index (χ4n) is 3.72. The van der Waals surface area contributed by atoms with Crippen LogP contribution in [0.4, 0.5) is 0 Å². The van der Waals surface area contributed by atoms with Crippen LogP contribution in [0.15, 0.2) is 24.3 Å². The molecule has 0 saturated carbocycles. The minimum Gasteiger partial charge on any atom is -0.339 e. The maximum atomic E-state index is 12.2. The van der Waals surface area contributed by atoms with Crippen LogP contribution in [0.2, 0.25) is 0 Å². The van der Waals surface area contributed by atoms with Crippen LogP contribution in [0.1, 0.15) is 42.7 Å². The molecule has 3 nitrogen and oxygen atoms in total.